The second-order valence-corrected chi connectivity index (χ2v) is 8.19. The lowest BCUT2D eigenvalue weighted by atomic mass is 9.87. The monoisotopic (exact) mass is 410 g/mol. The van der Waals surface area contributed by atoms with Gasteiger partial charge in [0.25, 0.3) is 0 Å². The molecule has 4 aromatic rings. The molecule has 1 atom stereocenters. The first-order valence-electron chi connectivity index (χ1n) is 11.1. The van der Waals surface area contributed by atoms with Crippen LogP contribution in [0.5, 0.6) is 0 Å². The molecular weight excluding hydrogens is 380 g/mol. The first kappa shape index (κ1) is 20.9. The quantitative estimate of drug-likeness (QED) is 0.372. The van der Waals surface area contributed by atoms with Crippen LogP contribution >= 0.6 is 0 Å². The molecular formula is C28H30N2O. The Hall–Kier alpha value is -3.33. The zero-order valence-corrected chi connectivity index (χ0v) is 18.3. The highest BCUT2D eigenvalue weighted by Gasteiger charge is 2.22. The topological polar surface area (TPSA) is 44.9 Å². The van der Waals surface area contributed by atoms with Crippen LogP contribution in [0, 0.1) is 6.92 Å². The molecule has 2 N–H and O–H groups in total. The van der Waals surface area contributed by atoms with E-state index >= 15 is 0 Å². The van der Waals surface area contributed by atoms with Gasteiger partial charge in [0, 0.05) is 36.0 Å². The van der Waals surface area contributed by atoms with E-state index in [1.807, 2.05) is 18.2 Å². The minimum atomic E-state index is 0.0122. The Labute approximate surface area is 184 Å². The molecule has 158 valence electrons. The molecule has 0 bridgehead atoms. The molecule has 0 fully saturated rings. The number of carbonyl (C=O) groups excluding carboxylic acids is 1. The molecule has 0 radical (unpaired) electrons. The SMILES string of the molecule is CCc1cccc2c(C(CC(=O)NCCc3ccccc3)c3ccc(C)cc3)c[nH]c12. The Kier molecular flexibility index (Phi) is 6.51. The summed E-state index contributed by atoms with van der Waals surface area (Å²) in [5.41, 5.74) is 7.31. The van der Waals surface area contributed by atoms with Crippen LogP contribution in [0.15, 0.2) is 79.0 Å². The van der Waals surface area contributed by atoms with E-state index in [0.29, 0.717) is 13.0 Å². The minimum absolute atomic E-state index is 0.0122. The third-order valence-corrected chi connectivity index (χ3v) is 6.04. The summed E-state index contributed by atoms with van der Waals surface area (Å²) >= 11 is 0. The maximum absolute atomic E-state index is 12.9. The summed E-state index contributed by atoms with van der Waals surface area (Å²) in [7, 11) is 0. The fraction of sp³-hybridized carbons (Fsp3) is 0.250. The van der Waals surface area contributed by atoms with Crippen molar-refractivity contribution in [1.82, 2.24) is 10.3 Å². The summed E-state index contributed by atoms with van der Waals surface area (Å²) in [5, 5.41) is 4.34. The van der Waals surface area contributed by atoms with Crippen molar-refractivity contribution in [3.8, 4) is 0 Å². The number of aromatic amines is 1. The first-order chi connectivity index (χ1) is 15.2. The van der Waals surface area contributed by atoms with Gasteiger partial charge < -0.3 is 10.3 Å². The fourth-order valence-electron chi connectivity index (χ4n) is 4.28. The van der Waals surface area contributed by atoms with E-state index < -0.39 is 0 Å². The van der Waals surface area contributed by atoms with Gasteiger partial charge in [0.1, 0.15) is 0 Å². The maximum atomic E-state index is 12.9. The Morgan fingerprint density at radius 1 is 0.968 bits per heavy atom. The van der Waals surface area contributed by atoms with Gasteiger partial charge in [-0.05, 0) is 42.0 Å². The number of hydrogen-bond donors (Lipinski definition) is 2. The molecule has 1 unspecified atom stereocenters. The van der Waals surface area contributed by atoms with Gasteiger partial charge in [-0.15, -0.1) is 0 Å². The number of carbonyl (C=O) groups is 1. The summed E-state index contributed by atoms with van der Waals surface area (Å²) in [5.74, 6) is 0.0979. The Balaban J connectivity index is 1.57. The largest absolute Gasteiger partial charge is 0.361 e. The van der Waals surface area contributed by atoms with E-state index in [-0.39, 0.29) is 11.8 Å². The molecule has 0 spiro atoms. The van der Waals surface area contributed by atoms with Crippen LogP contribution in [-0.4, -0.2) is 17.4 Å². The number of amides is 1. The molecule has 1 aromatic heterocycles. The Morgan fingerprint density at radius 3 is 2.48 bits per heavy atom. The van der Waals surface area contributed by atoms with Crippen molar-refractivity contribution in [2.24, 2.45) is 0 Å². The van der Waals surface area contributed by atoms with E-state index in [2.05, 4.69) is 84.9 Å². The molecule has 0 saturated carbocycles. The fourth-order valence-corrected chi connectivity index (χ4v) is 4.28. The molecule has 1 amide bonds. The standard InChI is InChI=1S/C28H30N2O/c1-3-22-10-7-11-24-26(19-30-28(22)24)25(23-14-12-20(2)13-15-23)18-27(31)29-17-16-21-8-5-4-6-9-21/h4-15,19,25,30H,3,16-18H2,1-2H3,(H,29,31). The van der Waals surface area contributed by atoms with Crippen LogP contribution in [0.3, 0.4) is 0 Å². The van der Waals surface area contributed by atoms with Gasteiger partial charge in [0.05, 0.1) is 0 Å². The van der Waals surface area contributed by atoms with Gasteiger partial charge in [-0.3, -0.25) is 4.79 Å². The summed E-state index contributed by atoms with van der Waals surface area (Å²) in [6, 6.07) is 25.3. The first-order valence-corrected chi connectivity index (χ1v) is 11.1. The molecule has 31 heavy (non-hydrogen) atoms. The third kappa shape index (κ3) is 4.88. The lowest BCUT2D eigenvalue weighted by molar-refractivity contribution is -0.121. The zero-order valence-electron chi connectivity index (χ0n) is 18.3. The van der Waals surface area contributed by atoms with Crippen molar-refractivity contribution in [3.63, 3.8) is 0 Å². The minimum Gasteiger partial charge on any atom is -0.361 e. The van der Waals surface area contributed by atoms with Gasteiger partial charge in [0.15, 0.2) is 0 Å². The van der Waals surface area contributed by atoms with Crippen LogP contribution in [0.1, 0.15) is 47.1 Å². The molecule has 3 aromatic carbocycles. The average Bonchev–Trinajstić information content (AvgIpc) is 3.23. The number of aromatic nitrogens is 1. The summed E-state index contributed by atoms with van der Waals surface area (Å²) in [4.78, 5) is 16.4. The van der Waals surface area contributed by atoms with Crippen LogP contribution < -0.4 is 5.32 Å². The van der Waals surface area contributed by atoms with E-state index in [1.54, 1.807) is 0 Å². The third-order valence-electron chi connectivity index (χ3n) is 6.04. The second kappa shape index (κ2) is 9.65. The number of H-pyrrole nitrogens is 1. The van der Waals surface area contributed by atoms with Crippen LogP contribution in [-0.2, 0) is 17.6 Å². The molecule has 3 nitrogen and oxygen atoms in total. The van der Waals surface area contributed by atoms with Gasteiger partial charge in [-0.1, -0.05) is 85.3 Å². The smallest absolute Gasteiger partial charge is 0.220 e. The van der Waals surface area contributed by atoms with Gasteiger partial charge >= 0.3 is 0 Å². The number of rotatable bonds is 8. The van der Waals surface area contributed by atoms with Crippen molar-refractivity contribution in [2.45, 2.75) is 39.0 Å². The Morgan fingerprint density at radius 2 is 1.74 bits per heavy atom. The number of para-hydroxylation sites is 1. The van der Waals surface area contributed by atoms with Crippen LogP contribution in [0.2, 0.25) is 0 Å². The number of nitrogens with one attached hydrogen (secondary N) is 2. The lowest BCUT2D eigenvalue weighted by Crippen LogP contribution is -2.27. The predicted molar refractivity (Wildman–Crippen MR) is 128 cm³/mol. The van der Waals surface area contributed by atoms with Crippen molar-refractivity contribution in [1.29, 1.82) is 0 Å². The molecule has 1 heterocycles. The number of benzene rings is 3. The molecule has 0 aliphatic carbocycles. The van der Waals surface area contributed by atoms with Crippen molar-refractivity contribution < 1.29 is 4.79 Å². The lowest BCUT2D eigenvalue weighted by Gasteiger charge is -2.18. The normalized spacial score (nSPS) is 12.1. The van der Waals surface area contributed by atoms with Gasteiger partial charge in [-0.25, -0.2) is 0 Å². The highest BCUT2D eigenvalue weighted by Crippen LogP contribution is 2.34. The van der Waals surface area contributed by atoms with Crippen LogP contribution in [0.25, 0.3) is 10.9 Å². The number of hydrogen-bond acceptors (Lipinski definition) is 1. The van der Waals surface area contributed by atoms with E-state index in [9.17, 15) is 4.79 Å². The van der Waals surface area contributed by atoms with Crippen molar-refractivity contribution >= 4 is 16.8 Å². The van der Waals surface area contributed by atoms with Gasteiger partial charge in [0.2, 0.25) is 5.91 Å². The number of fused-ring (bicyclic) bond motifs is 1. The summed E-state index contributed by atoms with van der Waals surface area (Å²) in [6.45, 7) is 4.92. The van der Waals surface area contributed by atoms with E-state index in [4.69, 9.17) is 0 Å². The average molecular weight is 411 g/mol. The maximum Gasteiger partial charge on any atom is 0.220 e. The van der Waals surface area contributed by atoms with Gasteiger partial charge in [-0.2, -0.15) is 0 Å². The zero-order chi connectivity index (χ0) is 21.6. The van der Waals surface area contributed by atoms with E-state index in [0.717, 1.165) is 12.8 Å². The highest BCUT2D eigenvalue weighted by atomic mass is 16.1. The summed E-state index contributed by atoms with van der Waals surface area (Å²) < 4.78 is 0. The molecule has 3 heteroatoms. The van der Waals surface area contributed by atoms with Crippen molar-refractivity contribution in [3.05, 3.63) is 107 Å². The summed E-state index contributed by atoms with van der Waals surface area (Å²) in [6.07, 6.45) is 4.34. The second-order valence-electron chi connectivity index (χ2n) is 8.19. The molecule has 0 aliphatic rings. The van der Waals surface area contributed by atoms with Crippen LogP contribution in [0.4, 0.5) is 0 Å². The van der Waals surface area contributed by atoms with Crippen molar-refractivity contribution in [2.75, 3.05) is 6.54 Å². The predicted octanol–water partition coefficient (Wildman–Crippen LogP) is 5.92. The number of aryl methyl sites for hydroxylation is 2. The molecule has 0 saturated heterocycles. The Bertz CT molecular complexity index is 1140. The molecule has 4 rings (SSSR count). The molecule has 0 aliphatic heterocycles. The highest BCUT2D eigenvalue weighted by molar-refractivity contribution is 5.88. The van der Waals surface area contributed by atoms with E-state index in [1.165, 1.54) is 38.7 Å².